The van der Waals surface area contributed by atoms with E-state index in [9.17, 15) is 8.42 Å². The minimum absolute atomic E-state index is 0.149. The van der Waals surface area contributed by atoms with Crippen LogP contribution < -0.4 is 10.5 Å². The average Bonchev–Trinajstić information content (AvgIpc) is 2.35. The van der Waals surface area contributed by atoms with Gasteiger partial charge in [-0.1, -0.05) is 15.9 Å². The highest BCUT2D eigenvalue weighted by molar-refractivity contribution is 9.11. The van der Waals surface area contributed by atoms with Crippen LogP contribution in [0.15, 0.2) is 54.7 Å². The molecule has 2 rings (SSSR count). The molecule has 0 heterocycles. The van der Waals surface area contributed by atoms with Crippen LogP contribution in [0.25, 0.3) is 0 Å². The number of sulfonamides is 1. The van der Waals surface area contributed by atoms with E-state index in [4.69, 9.17) is 5.73 Å². The van der Waals surface area contributed by atoms with E-state index in [0.717, 1.165) is 0 Å². The molecule has 0 aromatic heterocycles. The smallest absolute Gasteiger partial charge is 0.263 e. The number of nitrogens with one attached hydrogen (secondary N) is 1. The molecule has 0 fully saturated rings. The number of rotatable bonds is 3. The summed E-state index contributed by atoms with van der Waals surface area (Å²) in [5, 5.41) is 0. The Balaban J connectivity index is 2.43. The van der Waals surface area contributed by atoms with Gasteiger partial charge in [0.1, 0.15) is 4.90 Å². The molecule has 0 radical (unpaired) electrons. The summed E-state index contributed by atoms with van der Waals surface area (Å²) in [6.07, 6.45) is 0. The summed E-state index contributed by atoms with van der Waals surface area (Å²) >= 11 is 9.77. The molecule has 0 spiro atoms. The fourth-order valence-electron chi connectivity index (χ4n) is 1.50. The number of hydrogen-bond acceptors (Lipinski definition) is 3. The standard InChI is InChI=1S/C12H9Br3N2O2S/c13-7-1-3-9(14)12(5-7)20(18,19)17-11-4-2-8(16)6-10(11)15/h1-6,17H,16H2. The maximum atomic E-state index is 12.4. The average molecular weight is 485 g/mol. The van der Waals surface area contributed by atoms with Gasteiger partial charge in [0, 0.05) is 19.1 Å². The van der Waals surface area contributed by atoms with Crippen molar-refractivity contribution in [1.82, 2.24) is 0 Å². The molecular weight excluding hydrogens is 476 g/mol. The number of nitrogens with two attached hydrogens (primary N) is 1. The zero-order chi connectivity index (χ0) is 14.9. The van der Waals surface area contributed by atoms with Gasteiger partial charge in [-0.2, -0.15) is 0 Å². The van der Waals surface area contributed by atoms with Crippen molar-refractivity contribution < 1.29 is 8.42 Å². The summed E-state index contributed by atoms with van der Waals surface area (Å²) in [6, 6.07) is 9.80. The highest BCUT2D eigenvalue weighted by Gasteiger charge is 2.19. The van der Waals surface area contributed by atoms with Gasteiger partial charge in [-0.05, 0) is 68.3 Å². The first-order valence-corrected chi connectivity index (χ1v) is 9.19. The second-order valence-electron chi connectivity index (χ2n) is 3.92. The largest absolute Gasteiger partial charge is 0.399 e. The van der Waals surface area contributed by atoms with Crippen LogP contribution in [0, 0.1) is 0 Å². The van der Waals surface area contributed by atoms with E-state index in [1.807, 2.05) is 0 Å². The first kappa shape index (κ1) is 15.8. The molecule has 20 heavy (non-hydrogen) atoms. The maximum Gasteiger partial charge on any atom is 0.263 e. The SMILES string of the molecule is Nc1ccc(NS(=O)(=O)c2cc(Br)ccc2Br)c(Br)c1. The van der Waals surface area contributed by atoms with Crippen molar-refractivity contribution in [2.24, 2.45) is 0 Å². The predicted octanol–water partition coefficient (Wildman–Crippen LogP) is 4.36. The molecule has 0 bridgehead atoms. The van der Waals surface area contributed by atoms with Gasteiger partial charge in [-0.15, -0.1) is 0 Å². The monoisotopic (exact) mass is 482 g/mol. The molecule has 0 aliphatic rings. The van der Waals surface area contributed by atoms with Crippen molar-refractivity contribution in [3.8, 4) is 0 Å². The van der Waals surface area contributed by atoms with Crippen LogP contribution in [-0.2, 0) is 10.0 Å². The van der Waals surface area contributed by atoms with E-state index in [-0.39, 0.29) is 4.90 Å². The van der Waals surface area contributed by atoms with Gasteiger partial charge in [0.05, 0.1) is 5.69 Å². The molecular formula is C12H9Br3N2O2S. The van der Waals surface area contributed by atoms with Crippen LogP contribution >= 0.6 is 47.8 Å². The summed E-state index contributed by atoms with van der Waals surface area (Å²) in [4.78, 5) is 0.149. The Hall–Kier alpha value is -0.570. The zero-order valence-electron chi connectivity index (χ0n) is 9.90. The molecule has 2 aromatic carbocycles. The van der Waals surface area contributed by atoms with Gasteiger partial charge < -0.3 is 5.73 Å². The maximum absolute atomic E-state index is 12.4. The Morgan fingerprint density at radius 3 is 2.30 bits per heavy atom. The van der Waals surface area contributed by atoms with Crippen LogP contribution in [0.1, 0.15) is 0 Å². The highest BCUT2D eigenvalue weighted by atomic mass is 79.9. The van der Waals surface area contributed by atoms with Crippen molar-refractivity contribution in [1.29, 1.82) is 0 Å². The van der Waals surface area contributed by atoms with Crippen molar-refractivity contribution in [3.63, 3.8) is 0 Å². The van der Waals surface area contributed by atoms with Crippen LogP contribution in [0.2, 0.25) is 0 Å². The van der Waals surface area contributed by atoms with Crippen LogP contribution in [0.4, 0.5) is 11.4 Å². The van der Waals surface area contributed by atoms with Crippen molar-refractivity contribution in [3.05, 3.63) is 49.8 Å². The lowest BCUT2D eigenvalue weighted by molar-refractivity contribution is 0.600. The molecule has 0 saturated carbocycles. The Labute approximate surface area is 142 Å². The summed E-state index contributed by atoms with van der Waals surface area (Å²) in [7, 11) is -3.70. The van der Waals surface area contributed by atoms with E-state index < -0.39 is 10.0 Å². The Bertz CT molecular complexity index is 763. The number of halogens is 3. The van der Waals surface area contributed by atoms with E-state index in [2.05, 4.69) is 52.5 Å². The van der Waals surface area contributed by atoms with Crippen LogP contribution in [0.5, 0.6) is 0 Å². The topological polar surface area (TPSA) is 72.2 Å². The molecule has 4 nitrogen and oxygen atoms in total. The first-order chi connectivity index (χ1) is 9.29. The van der Waals surface area contributed by atoms with Gasteiger partial charge in [-0.25, -0.2) is 8.42 Å². The molecule has 0 saturated heterocycles. The summed E-state index contributed by atoms with van der Waals surface area (Å²) in [5.41, 5.74) is 6.59. The number of hydrogen-bond donors (Lipinski definition) is 2. The van der Waals surface area contributed by atoms with E-state index >= 15 is 0 Å². The Morgan fingerprint density at radius 1 is 0.950 bits per heavy atom. The fraction of sp³-hybridized carbons (Fsp3) is 0. The third-order valence-electron chi connectivity index (χ3n) is 2.42. The van der Waals surface area contributed by atoms with Crippen molar-refractivity contribution in [2.45, 2.75) is 4.90 Å². The van der Waals surface area contributed by atoms with Gasteiger partial charge in [-0.3, -0.25) is 4.72 Å². The summed E-state index contributed by atoms with van der Waals surface area (Å²) in [5.74, 6) is 0. The third kappa shape index (κ3) is 3.55. The highest BCUT2D eigenvalue weighted by Crippen LogP contribution is 2.30. The summed E-state index contributed by atoms with van der Waals surface area (Å²) < 4.78 is 29.1. The molecule has 0 aliphatic carbocycles. The van der Waals surface area contributed by atoms with Crippen LogP contribution in [0.3, 0.4) is 0 Å². The predicted molar refractivity (Wildman–Crippen MR) is 91.2 cm³/mol. The number of anilines is 2. The van der Waals surface area contributed by atoms with Gasteiger partial charge >= 0.3 is 0 Å². The normalized spacial score (nSPS) is 11.3. The lowest BCUT2D eigenvalue weighted by Gasteiger charge is -2.11. The molecule has 8 heteroatoms. The fourth-order valence-corrected chi connectivity index (χ4v) is 4.71. The molecule has 0 aliphatic heterocycles. The van der Waals surface area contributed by atoms with E-state index in [1.165, 1.54) is 6.07 Å². The lowest BCUT2D eigenvalue weighted by Crippen LogP contribution is -2.14. The lowest BCUT2D eigenvalue weighted by atomic mass is 10.3. The van der Waals surface area contributed by atoms with Crippen LogP contribution in [-0.4, -0.2) is 8.42 Å². The third-order valence-corrected chi connectivity index (χ3v) is 5.93. The second-order valence-corrected chi connectivity index (χ2v) is 8.19. The molecule has 0 unspecified atom stereocenters. The van der Waals surface area contributed by atoms with Crippen molar-refractivity contribution in [2.75, 3.05) is 10.5 Å². The van der Waals surface area contributed by atoms with E-state index in [0.29, 0.717) is 24.8 Å². The minimum Gasteiger partial charge on any atom is -0.399 e. The molecule has 3 N–H and O–H groups in total. The number of nitrogen functional groups attached to an aromatic ring is 1. The second kappa shape index (κ2) is 6.05. The molecule has 2 aromatic rings. The molecule has 106 valence electrons. The van der Waals surface area contributed by atoms with Crippen molar-refractivity contribution >= 4 is 69.2 Å². The Morgan fingerprint density at radius 2 is 1.65 bits per heavy atom. The van der Waals surface area contributed by atoms with Gasteiger partial charge in [0.2, 0.25) is 0 Å². The first-order valence-electron chi connectivity index (χ1n) is 5.32. The molecule has 0 amide bonds. The quantitative estimate of drug-likeness (QED) is 0.636. The minimum atomic E-state index is -3.70. The zero-order valence-corrected chi connectivity index (χ0v) is 15.5. The van der Waals surface area contributed by atoms with E-state index in [1.54, 1.807) is 30.3 Å². The van der Waals surface area contributed by atoms with Gasteiger partial charge in [0.15, 0.2) is 0 Å². The molecule has 0 atom stereocenters. The Kier molecular flexibility index (Phi) is 4.78. The summed E-state index contributed by atoms with van der Waals surface area (Å²) in [6.45, 7) is 0. The number of benzene rings is 2. The van der Waals surface area contributed by atoms with Gasteiger partial charge in [0.25, 0.3) is 10.0 Å².